The Kier molecular flexibility index (Phi) is 4.84. The highest BCUT2D eigenvalue weighted by molar-refractivity contribution is 5.95. The van der Waals surface area contributed by atoms with Crippen molar-refractivity contribution >= 4 is 11.6 Å². The number of amides is 1. The molecule has 1 atom stereocenters. The highest BCUT2D eigenvalue weighted by Crippen LogP contribution is 2.22. The van der Waals surface area contributed by atoms with Gasteiger partial charge in [-0.15, -0.1) is 0 Å². The number of halogens is 1. The summed E-state index contributed by atoms with van der Waals surface area (Å²) in [4.78, 5) is 20.3. The van der Waals surface area contributed by atoms with Gasteiger partial charge in [-0.3, -0.25) is 9.78 Å². The number of pyridine rings is 2. The van der Waals surface area contributed by atoms with E-state index in [2.05, 4.69) is 15.3 Å². The molecule has 0 fully saturated rings. The van der Waals surface area contributed by atoms with Crippen molar-refractivity contribution in [1.29, 1.82) is 0 Å². The highest BCUT2D eigenvalue weighted by Gasteiger charge is 2.17. The second-order valence-corrected chi connectivity index (χ2v) is 5.86. The third-order valence-electron chi connectivity index (χ3n) is 3.96. The predicted octanol–water partition coefficient (Wildman–Crippen LogP) is 4.33. The molecule has 3 aromatic rings. The monoisotopic (exact) mass is 335 g/mol. The van der Waals surface area contributed by atoms with E-state index in [-0.39, 0.29) is 5.91 Å². The Morgan fingerprint density at radius 3 is 2.52 bits per heavy atom. The molecular weight excluding hydrogens is 317 g/mol. The number of aromatic nitrogens is 2. The number of carbonyl (C=O) groups is 1. The summed E-state index contributed by atoms with van der Waals surface area (Å²) in [7, 11) is 0. The predicted molar refractivity (Wildman–Crippen MR) is 95.6 cm³/mol. The molecule has 0 aliphatic carbocycles. The first-order chi connectivity index (χ1) is 12.0. The van der Waals surface area contributed by atoms with Crippen LogP contribution in [0.3, 0.4) is 0 Å². The Balaban J connectivity index is 1.72. The summed E-state index contributed by atoms with van der Waals surface area (Å²) >= 11 is 0. The molecule has 4 nitrogen and oxygen atoms in total. The van der Waals surface area contributed by atoms with Gasteiger partial charge < -0.3 is 5.32 Å². The van der Waals surface area contributed by atoms with Crippen molar-refractivity contribution in [1.82, 2.24) is 9.97 Å². The van der Waals surface area contributed by atoms with Gasteiger partial charge >= 0.3 is 0 Å². The lowest BCUT2D eigenvalue weighted by Crippen LogP contribution is -2.19. The number of hydrogen-bond donors (Lipinski definition) is 1. The summed E-state index contributed by atoms with van der Waals surface area (Å²) < 4.78 is 13.2. The molecule has 0 saturated carbocycles. The van der Waals surface area contributed by atoms with Crippen LogP contribution in [-0.4, -0.2) is 15.9 Å². The van der Waals surface area contributed by atoms with Gasteiger partial charge in [-0.2, -0.15) is 4.39 Å². The van der Waals surface area contributed by atoms with Crippen LogP contribution in [0.4, 0.5) is 10.1 Å². The fourth-order valence-electron chi connectivity index (χ4n) is 2.52. The van der Waals surface area contributed by atoms with Crippen LogP contribution in [0, 0.1) is 12.9 Å². The van der Waals surface area contributed by atoms with Crippen molar-refractivity contribution in [2.24, 2.45) is 0 Å². The molecule has 0 bridgehead atoms. The molecule has 2 heterocycles. The summed E-state index contributed by atoms with van der Waals surface area (Å²) in [6.45, 7) is 3.64. The molecule has 126 valence electrons. The van der Waals surface area contributed by atoms with Crippen LogP contribution in [0.25, 0.3) is 11.1 Å². The van der Waals surface area contributed by atoms with Crippen LogP contribution in [0.5, 0.6) is 0 Å². The van der Waals surface area contributed by atoms with E-state index in [0.29, 0.717) is 11.4 Å². The summed E-state index contributed by atoms with van der Waals surface area (Å²) in [6.07, 6.45) is 1.77. The quantitative estimate of drug-likeness (QED) is 0.722. The second-order valence-electron chi connectivity index (χ2n) is 5.86. The highest BCUT2D eigenvalue weighted by atomic mass is 19.1. The van der Waals surface area contributed by atoms with Crippen molar-refractivity contribution in [2.45, 2.75) is 19.8 Å². The summed E-state index contributed by atoms with van der Waals surface area (Å²) in [6, 6.07) is 16.0. The number of anilines is 1. The van der Waals surface area contributed by atoms with Gasteiger partial charge in [0.05, 0.1) is 11.6 Å². The van der Waals surface area contributed by atoms with Gasteiger partial charge in [-0.1, -0.05) is 18.2 Å². The van der Waals surface area contributed by atoms with Crippen LogP contribution in [0.1, 0.15) is 24.2 Å². The Morgan fingerprint density at radius 1 is 1.08 bits per heavy atom. The summed E-state index contributed by atoms with van der Waals surface area (Å²) in [5.41, 5.74) is 4.15. The molecular formula is C20H18FN3O. The van der Waals surface area contributed by atoms with E-state index < -0.39 is 11.9 Å². The first kappa shape index (κ1) is 16.8. The standard InChI is InChI=1S/C20H18FN3O/c1-13-12-16(10-11-22-13)15-6-8-17(9-7-15)23-20(25)14(2)18-4-3-5-19(21)24-18/h3-12,14H,1-2H3,(H,23,25). The molecule has 25 heavy (non-hydrogen) atoms. The van der Waals surface area contributed by atoms with Crippen molar-refractivity contribution in [3.8, 4) is 11.1 Å². The third-order valence-corrected chi connectivity index (χ3v) is 3.96. The van der Waals surface area contributed by atoms with E-state index >= 15 is 0 Å². The molecule has 1 unspecified atom stereocenters. The van der Waals surface area contributed by atoms with Crippen LogP contribution < -0.4 is 5.32 Å². The molecule has 0 aliphatic rings. The largest absolute Gasteiger partial charge is 0.326 e. The second kappa shape index (κ2) is 7.21. The lowest BCUT2D eigenvalue weighted by Gasteiger charge is -2.12. The molecule has 3 rings (SSSR count). The minimum Gasteiger partial charge on any atom is -0.326 e. The maximum atomic E-state index is 13.2. The summed E-state index contributed by atoms with van der Waals surface area (Å²) in [5, 5.41) is 2.84. The van der Waals surface area contributed by atoms with Gasteiger partial charge in [-0.25, -0.2) is 4.98 Å². The fourth-order valence-corrected chi connectivity index (χ4v) is 2.52. The van der Waals surface area contributed by atoms with E-state index in [1.165, 1.54) is 6.07 Å². The van der Waals surface area contributed by atoms with E-state index in [1.54, 1.807) is 25.3 Å². The Labute approximate surface area is 145 Å². The Morgan fingerprint density at radius 2 is 1.84 bits per heavy atom. The fraction of sp³-hybridized carbons (Fsp3) is 0.150. The average molecular weight is 335 g/mol. The number of nitrogens with one attached hydrogen (secondary N) is 1. The van der Waals surface area contributed by atoms with Crippen molar-refractivity contribution in [3.63, 3.8) is 0 Å². The molecule has 0 spiro atoms. The molecule has 0 radical (unpaired) electrons. The molecule has 0 aliphatic heterocycles. The van der Waals surface area contributed by atoms with Gasteiger partial charge in [0.25, 0.3) is 0 Å². The number of nitrogens with zero attached hydrogens (tertiary/aromatic N) is 2. The molecule has 5 heteroatoms. The van der Waals surface area contributed by atoms with Crippen LogP contribution >= 0.6 is 0 Å². The minimum absolute atomic E-state index is 0.231. The van der Waals surface area contributed by atoms with Gasteiger partial charge in [0.15, 0.2) is 0 Å². The van der Waals surface area contributed by atoms with E-state index in [4.69, 9.17) is 0 Å². The molecule has 1 aromatic carbocycles. The zero-order valence-corrected chi connectivity index (χ0v) is 14.0. The van der Waals surface area contributed by atoms with Gasteiger partial charge in [-0.05, 0) is 61.4 Å². The van der Waals surface area contributed by atoms with E-state index in [9.17, 15) is 9.18 Å². The zero-order valence-electron chi connectivity index (χ0n) is 14.0. The number of carbonyl (C=O) groups excluding carboxylic acids is 1. The lowest BCUT2D eigenvalue weighted by molar-refractivity contribution is -0.117. The summed E-state index contributed by atoms with van der Waals surface area (Å²) in [5.74, 6) is -1.36. The van der Waals surface area contributed by atoms with Crippen LogP contribution in [-0.2, 0) is 4.79 Å². The molecule has 1 amide bonds. The number of aryl methyl sites for hydroxylation is 1. The maximum Gasteiger partial charge on any atom is 0.233 e. The van der Waals surface area contributed by atoms with Crippen molar-refractivity contribution < 1.29 is 9.18 Å². The number of hydrogen-bond acceptors (Lipinski definition) is 3. The topological polar surface area (TPSA) is 54.9 Å². The Bertz CT molecular complexity index is 893. The third kappa shape index (κ3) is 4.07. The zero-order chi connectivity index (χ0) is 17.8. The molecule has 1 N–H and O–H groups in total. The molecule has 0 saturated heterocycles. The first-order valence-corrected chi connectivity index (χ1v) is 7.99. The smallest absolute Gasteiger partial charge is 0.233 e. The Hall–Kier alpha value is -3.08. The minimum atomic E-state index is -0.589. The van der Waals surface area contributed by atoms with Gasteiger partial charge in [0.2, 0.25) is 11.9 Å². The normalized spacial score (nSPS) is 11.8. The van der Waals surface area contributed by atoms with Crippen LogP contribution in [0.2, 0.25) is 0 Å². The molecule has 2 aromatic heterocycles. The van der Waals surface area contributed by atoms with Crippen molar-refractivity contribution in [2.75, 3.05) is 5.32 Å². The maximum absolute atomic E-state index is 13.2. The number of rotatable bonds is 4. The average Bonchev–Trinajstić information content (AvgIpc) is 2.61. The van der Waals surface area contributed by atoms with Crippen molar-refractivity contribution in [3.05, 3.63) is 78.1 Å². The van der Waals surface area contributed by atoms with E-state index in [0.717, 1.165) is 16.8 Å². The van der Waals surface area contributed by atoms with Crippen LogP contribution in [0.15, 0.2) is 60.8 Å². The SMILES string of the molecule is Cc1cc(-c2ccc(NC(=O)C(C)c3cccc(F)n3)cc2)ccn1. The van der Waals surface area contributed by atoms with Gasteiger partial charge in [0.1, 0.15) is 0 Å². The number of benzene rings is 1. The first-order valence-electron chi connectivity index (χ1n) is 7.99. The van der Waals surface area contributed by atoms with Gasteiger partial charge in [0, 0.05) is 17.6 Å². The lowest BCUT2D eigenvalue weighted by atomic mass is 10.0. The van der Waals surface area contributed by atoms with E-state index in [1.807, 2.05) is 43.3 Å².